The van der Waals surface area contributed by atoms with E-state index in [1.54, 1.807) is 0 Å². The lowest BCUT2D eigenvalue weighted by atomic mass is 10.2. The van der Waals surface area contributed by atoms with Gasteiger partial charge in [-0.05, 0) is 24.6 Å². The first-order chi connectivity index (χ1) is 12.4. The molecule has 0 N–H and O–H groups in total. The Morgan fingerprint density at radius 2 is 1.96 bits per heavy atom. The molecule has 1 unspecified atom stereocenters. The van der Waals surface area contributed by atoms with Gasteiger partial charge < -0.3 is 9.47 Å². The van der Waals surface area contributed by atoms with Crippen LogP contribution >= 0.6 is 0 Å². The molecule has 1 aromatic heterocycles. The Bertz CT molecular complexity index is 895. The van der Waals surface area contributed by atoms with Crippen molar-refractivity contribution in [3.63, 3.8) is 0 Å². The van der Waals surface area contributed by atoms with Gasteiger partial charge in [0, 0.05) is 24.5 Å². The van der Waals surface area contributed by atoms with Crippen LogP contribution in [0.25, 0.3) is 0 Å². The van der Waals surface area contributed by atoms with Crippen molar-refractivity contribution < 1.29 is 26.7 Å². The fourth-order valence-electron chi connectivity index (χ4n) is 2.68. The molecule has 1 fully saturated rings. The Balaban J connectivity index is 1.68. The molecule has 1 aliphatic heterocycles. The molecule has 26 heavy (non-hydrogen) atoms. The number of benzene rings is 1. The zero-order valence-electron chi connectivity index (χ0n) is 13.9. The van der Waals surface area contributed by atoms with Crippen molar-refractivity contribution in [1.82, 2.24) is 14.3 Å². The van der Waals surface area contributed by atoms with Crippen molar-refractivity contribution in [2.45, 2.75) is 18.3 Å². The number of hydrogen-bond donors (Lipinski definition) is 0. The van der Waals surface area contributed by atoms with Crippen LogP contribution in [0.3, 0.4) is 0 Å². The molecule has 0 radical (unpaired) electrons. The molecule has 0 bridgehead atoms. The molecule has 0 spiro atoms. The molecule has 0 aliphatic carbocycles. The molecule has 10 heteroatoms. The van der Waals surface area contributed by atoms with Gasteiger partial charge in [0.05, 0.1) is 19.4 Å². The van der Waals surface area contributed by atoms with E-state index < -0.39 is 33.5 Å². The monoisotopic (exact) mass is 385 g/mol. The van der Waals surface area contributed by atoms with Crippen LogP contribution in [0.2, 0.25) is 0 Å². The second-order valence-corrected chi connectivity index (χ2v) is 7.72. The number of nitrogens with zero attached hydrogens (tertiary/aromatic N) is 3. The van der Waals surface area contributed by atoms with Crippen molar-refractivity contribution in [3.05, 3.63) is 47.8 Å². The Hall–Kier alpha value is -2.33. The summed E-state index contributed by atoms with van der Waals surface area (Å²) in [7, 11) is -2.39. The van der Waals surface area contributed by atoms with Gasteiger partial charge in [0.1, 0.15) is 17.7 Å². The Morgan fingerprint density at radius 1 is 1.23 bits per heavy atom. The number of rotatable bonds is 6. The second-order valence-electron chi connectivity index (χ2n) is 5.75. The predicted molar refractivity (Wildman–Crippen MR) is 88.2 cm³/mol. The van der Waals surface area contributed by atoms with Crippen molar-refractivity contribution in [3.8, 4) is 11.8 Å². The summed E-state index contributed by atoms with van der Waals surface area (Å²) in [4.78, 5) is 7.98. The normalized spacial score (nSPS) is 18.0. The van der Waals surface area contributed by atoms with Crippen LogP contribution in [0, 0.1) is 11.6 Å². The third kappa shape index (κ3) is 4.07. The molecule has 2 heterocycles. The number of aromatic nitrogens is 2. The zero-order chi connectivity index (χ0) is 18.7. The van der Waals surface area contributed by atoms with Gasteiger partial charge in [-0.15, -0.1) is 0 Å². The minimum Gasteiger partial charge on any atom is -0.477 e. The summed E-state index contributed by atoms with van der Waals surface area (Å²) in [5, 5.41) is 0. The van der Waals surface area contributed by atoms with E-state index in [4.69, 9.17) is 9.47 Å². The molecule has 2 aromatic rings. The lowest BCUT2D eigenvalue weighted by molar-refractivity contribution is 0.194. The van der Waals surface area contributed by atoms with Gasteiger partial charge >= 0.3 is 0 Å². The van der Waals surface area contributed by atoms with E-state index in [1.165, 1.54) is 23.8 Å². The topological polar surface area (TPSA) is 81.6 Å². The molecule has 1 aromatic carbocycles. The quantitative estimate of drug-likeness (QED) is 0.754. The number of sulfonamides is 1. The van der Waals surface area contributed by atoms with E-state index in [9.17, 15) is 17.2 Å². The minimum atomic E-state index is -3.81. The van der Waals surface area contributed by atoms with E-state index in [0.29, 0.717) is 6.42 Å². The first-order valence-corrected chi connectivity index (χ1v) is 9.43. The van der Waals surface area contributed by atoms with E-state index in [0.717, 1.165) is 18.2 Å². The van der Waals surface area contributed by atoms with Crippen LogP contribution in [-0.4, -0.2) is 49.0 Å². The lowest BCUT2D eigenvalue weighted by Crippen LogP contribution is -2.32. The first-order valence-electron chi connectivity index (χ1n) is 7.82. The number of hydrogen-bond acceptors (Lipinski definition) is 6. The van der Waals surface area contributed by atoms with E-state index in [1.807, 2.05) is 0 Å². The molecule has 1 aliphatic rings. The summed E-state index contributed by atoms with van der Waals surface area (Å²) in [5.41, 5.74) is -0.204. The van der Waals surface area contributed by atoms with Gasteiger partial charge in [0.15, 0.2) is 0 Å². The summed E-state index contributed by atoms with van der Waals surface area (Å²) in [5.74, 6) is -1.68. The first kappa shape index (κ1) is 18.5. The highest BCUT2D eigenvalue weighted by atomic mass is 32.2. The molecule has 7 nitrogen and oxygen atoms in total. The Labute approximate surface area is 149 Å². The third-order valence-electron chi connectivity index (χ3n) is 3.95. The predicted octanol–water partition coefficient (Wildman–Crippen LogP) is 1.75. The number of ether oxygens (including phenoxy) is 2. The van der Waals surface area contributed by atoms with E-state index in [2.05, 4.69) is 9.97 Å². The highest BCUT2D eigenvalue weighted by Crippen LogP contribution is 2.26. The zero-order valence-corrected chi connectivity index (χ0v) is 14.7. The highest BCUT2D eigenvalue weighted by molar-refractivity contribution is 7.88. The largest absolute Gasteiger partial charge is 0.477 e. The van der Waals surface area contributed by atoms with Gasteiger partial charge in [-0.25, -0.2) is 27.2 Å². The molecule has 0 amide bonds. The highest BCUT2D eigenvalue weighted by Gasteiger charge is 2.34. The van der Waals surface area contributed by atoms with Crippen LogP contribution in [0.5, 0.6) is 11.8 Å². The summed E-state index contributed by atoms with van der Waals surface area (Å²) < 4.78 is 63.9. The summed E-state index contributed by atoms with van der Waals surface area (Å²) >= 11 is 0. The van der Waals surface area contributed by atoms with E-state index in [-0.39, 0.29) is 30.4 Å². The molecule has 1 atom stereocenters. The van der Waals surface area contributed by atoms with Crippen LogP contribution in [0.1, 0.15) is 12.0 Å². The van der Waals surface area contributed by atoms with Crippen molar-refractivity contribution in [2.75, 3.05) is 20.2 Å². The summed E-state index contributed by atoms with van der Waals surface area (Å²) in [6.07, 6.45) is 2.89. The molecular weight excluding hydrogens is 368 g/mol. The Morgan fingerprint density at radius 3 is 2.69 bits per heavy atom. The molecule has 3 rings (SSSR count). The van der Waals surface area contributed by atoms with Gasteiger partial charge in [-0.1, -0.05) is 0 Å². The van der Waals surface area contributed by atoms with Crippen LogP contribution in [-0.2, 0) is 15.8 Å². The number of halogens is 2. The summed E-state index contributed by atoms with van der Waals surface area (Å²) in [6.45, 7) is 0.297. The lowest BCUT2D eigenvalue weighted by Gasteiger charge is -2.17. The van der Waals surface area contributed by atoms with E-state index >= 15 is 0 Å². The van der Waals surface area contributed by atoms with Gasteiger partial charge in [0.2, 0.25) is 10.0 Å². The van der Waals surface area contributed by atoms with Gasteiger partial charge in [0.25, 0.3) is 11.8 Å². The maximum atomic E-state index is 13.7. The van der Waals surface area contributed by atoms with Crippen LogP contribution in [0.15, 0.2) is 30.6 Å². The third-order valence-corrected chi connectivity index (χ3v) is 5.75. The van der Waals surface area contributed by atoms with Gasteiger partial charge in [-0.3, -0.25) is 0 Å². The standard InChI is InChI=1S/C16H17F2N3O4S/c1-24-15-16(20-6-5-19-15)25-13-4-7-21(9-13)26(22,23)10-11-8-12(17)2-3-14(11)18/h2-3,5-6,8,13H,4,7,9-10H2,1H3. The second kappa shape index (κ2) is 7.50. The smallest absolute Gasteiger partial charge is 0.278 e. The molecular formula is C16H17F2N3O4S. The maximum absolute atomic E-state index is 13.7. The molecule has 140 valence electrons. The van der Waals surface area contributed by atoms with Crippen molar-refractivity contribution >= 4 is 10.0 Å². The van der Waals surface area contributed by atoms with Crippen LogP contribution in [0.4, 0.5) is 8.78 Å². The number of methoxy groups -OCH3 is 1. The fraction of sp³-hybridized carbons (Fsp3) is 0.375. The molecule has 0 saturated carbocycles. The molecule has 1 saturated heterocycles. The fourth-order valence-corrected chi connectivity index (χ4v) is 4.25. The average Bonchev–Trinajstić information content (AvgIpc) is 3.08. The maximum Gasteiger partial charge on any atom is 0.278 e. The average molecular weight is 385 g/mol. The van der Waals surface area contributed by atoms with Crippen LogP contribution < -0.4 is 9.47 Å². The Kier molecular flexibility index (Phi) is 5.33. The minimum absolute atomic E-state index is 0.0823. The van der Waals surface area contributed by atoms with Gasteiger partial charge in [-0.2, -0.15) is 4.31 Å². The van der Waals surface area contributed by atoms with Crippen molar-refractivity contribution in [2.24, 2.45) is 0 Å². The summed E-state index contributed by atoms with van der Waals surface area (Å²) in [6, 6.07) is 2.75. The van der Waals surface area contributed by atoms with Crippen molar-refractivity contribution in [1.29, 1.82) is 0 Å². The SMILES string of the molecule is COc1nccnc1OC1CCN(S(=O)(=O)Cc2cc(F)ccc2F)C1.